The molecule has 1 aromatic heterocycles. The van der Waals surface area contributed by atoms with Crippen LogP contribution in [0.1, 0.15) is 19.4 Å². The quantitative estimate of drug-likeness (QED) is 0.831. The van der Waals surface area contributed by atoms with Crippen LogP contribution in [0.25, 0.3) is 11.1 Å². The summed E-state index contributed by atoms with van der Waals surface area (Å²) in [6.45, 7) is 4.01. The van der Waals surface area contributed by atoms with Crippen molar-refractivity contribution in [3.05, 3.63) is 54.4 Å². The molecule has 82 valence electrons. The normalized spacial score (nSPS) is 11.4. The molecule has 2 nitrogen and oxygen atoms in total. The van der Waals surface area contributed by atoms with Crippen molar-refractivity contribution in [2.24, 2.45) is 5.73 Å². The van der Waals surface area contributed by atoms with Crippen LogP contribution in [0.3, 0.4) is 0 Å². The first-order valence-electron chi connectivity index (χ1n) is 5.37. The Balaban J connectivity index is 2.34. The molecule has 0 spiro atoms. The Morgan fingerprint density at radius 2 is 1.69 bits per heavy atom. The zero-order valence-corrected chi connectivity index (χ0v) is 9.64. The molecule has 2 aromatic rings. The van der Waals surface area contributed by atoms with Gasteiger partial charge in [-0.05, 0) is 36.6 Å². The Morgan fingerprint density at radius 1 is 1.00 bits per heavy atom. The second kappa shape index (κ2) is 4.06. The number of aromatic nitrogens is 1. The molecule has 2 rings (SSSR count). The van der Waals surface area contributed by atoms with Gasteiger partial charge in [-0.25, -0.2) is 0 Å². The summed E-state index contributed by atoms with van der Waals surface area (Å²) in [5.41, 5.74) is 9.18. The lowest BCUT2D eigenvalue weighted by Crippen LogP contribution is -2.28. The molecule has 0 aliphatic heterocycles. The summed E-state index contributed by atoms with van der Waals surface area (Å²) in [6, 6.07) is 12.3. The summed E-state index contributed by atoms with van der Waals surface area (Å²) >= 11 is 0. The van der Waals surface area contributed by atoms with Crippen LogP contribution in [-0.2, 0) is 5.54 Å². The van der Waals surface area contributed by atoms with E-state index in [1.165, 1.54) is 5.56 Å². The summed E-state index contributed by atoms with van der Waals surface area (Å²) in [5.74, 6) is 0. The Bertz CT molecular complexity index is 452. The molecule has 0 unspecified atom stereocenters. The van der Waals surface area contributed by atoms with Crippen molar-refractivity contribution in [2.75, 3.05) is 0 Å². The van der Waals surface area contributed by atoms with E-state index in [1.54, 1.807) is 6.20 Å². The second-order valence-electron chi connectivity index (χ2n) is 4.54. The number of pyridine rings is 1. The van der Waals surface area contributed by atoms with Crippen LogP contribution in [0.4, 0.5) is 0 Å². The summed E-state index contributed by atoms with van der Waals surface area (Å²) in [4.78, 5) is 4.11. The highest BCUT2D eigenvalue weighted by molar-refractivity contribution is 5.62. The Kier molecular flexibility index (Phi) is 2.75. The molecule has 0 atom stereocenters. The molecule has 0 amide bonds. The molecule has 0 saturated carbocycles. The van der Waals surface area contributed by atoms with Gasteiger partial charge in [-0.15, -0.1) is 0 Å². The molecule has 0 aliphatic rings. The first-order chi connectivity index (χ1) is 7.57. The topological polar surface area (TPSA) is 38.9 Å². The van der Waals surface area contributed by atoms with Gasteiger partial charge >= 0.3 is 0 Å². The number of hydrogen-bond acceptors (Lipinski definition) is 2. The van der Waals surface area contributed by atoms with E-state index in [4.69, 9.17) is 5.73 Å². The maximum absolute atomic E-state index is 6.03. The number of nitrogens with two attached hydrogens (primary N) is 1. The molecule has 0 fully saturated rings. The van der Waals surface area contributed by atoms with Crippen molar-refractivity contribution < 1.29 is 0 Å². The number of benzene rings is 1. The minimum Gasteiger partial charge on any atom is -0.322 e. The lowest BCUT2D eigenvalue weighted by molar-refractivity contribution is 0.554. The van der Waals surface area contributed by atoms with Gasteiger partial charge in [0.2, 0.25) is 0 Å². The van der Waals surface area contributed by atoms with Crippen LogP contribution in [0.15, 0.2) is 48.8 Å². The molecule has 1 heterocycles. The number of hydrogen-bond donors (Lipinski definition) is 1. The molecule has 2 N–H and O–H groups in total. The largest absolute Gasteiger partial charge is 0.322 e. The fourth-order valence-corrected chi connectivity index (χ4v) is 1.63. The van der Waals surface area contributed by atoms with Gasteiger partial charge in [0.25, 0.3) is 0 Å². The molecular weight excluding hydrogens is 196 g/mol. The standard InChI is InChI=1S/C14H16N2/c1-14(2,15)13-7-5-11(6-8-13)12-4-3-9-16-10-12/h3-10H,15H2,1-2H3. The third kappa shape index (κ3) is 2.28. The van der Waals surface area contributed by atoms with Crippen molar-refractivity contribution in [2.45, 2.75) is 19.4 Å². The van der Waals surface area contributed by atoms with Crippen molar-refractivity contribution in [1.29, 1.82) is 0 Å². The van der Waals surface area contributed by atoms with Gasteiger partial charge in [-0.3, -0.25) is 4.98 Å². The van der Waals surface area contributed by atoms with Crippen molar-refractivity contribution in [3.8, 4) is 11.1 Å². The summed E-state index contributed by atoms with van der Waals surface area (Å²) in [5, 5.41) is 0. The van der Waals surface area contributed by atoms with Gasteiger partial charge < -0.3 is 5.73 Å². The first-order valence-corrected chi connectivity index (χ1v) is 5.37. The van der Waals surface area contributed by atoms with Crippen LogP contribution in [0, 0.1) is 0 Å². The van der Waals surface area contributed by atoms with E-state index in [0.717, 1.165) is 11.1 Å². The smallest absolute Gasteiger partial charge is 0.0352 e. The molecule has 16 heavy (non-hydrogen) atoms. The second-order valence-corrected chi connectivity index (χ2v) is 4.54. The molecule has 1 aromatic carbocycles. The molecule has 0 aliphatic carbocycles. The summed E-state index contributed by atoms with van der Waals surface area (Å²) in [6.07, 6.45) is 3.64. The van der Waals surface area contributed by atoms with Gasteiger partial charge in [-0.1, -0.05) is 30.3 Å². The monoisotopic (exact) mass is 212 g/mol. The Hall–Kier alpha value is -1.67. The van der Waals surface area contributed by atoms with Gasteiger partial charge in [0.1, 0.15) is 0 Å². The SMILES string of the molecule is CC(C)(N)c1ccc(-c2cccnc2)cc1. The van der Waals surface area contributed by atoms with Crippen LogP contribution in [0.5, 0.6) is 0 Å². The minimum atomic E-state index is -0.284. The predicted octanol–water partition coefficient (Wildman–Crippen LogP) is 2.94. The van der Waals surface area contributed by atoms with E-state index in [2.05, 4.69) is 35.3 Å². The zero-order chi connectivity index (χ0) is 11.6. The maximum atomic E-state index is 6.03. The van der Waals surface area contributed by atoms with Crippen molar-refractivity contribution >= 4 is 0 Å². The maximum Gasteiger partial charge on any atom is 0.0352 e. The van der Waals surface area contributed by atoms with Crippen LogP contribution in [0.2, 0.25) is 0 Å². The third-order valence-corrected chi connectivity index (χ3v) is 2.62. The van der Waals surface area contributed by atoms with Gasteiger partial charge in [0.05, 0.1) is 0 Å². The fourth-order valence-electron chi connectivity index (χ4n) is 1.63. The zero-order valence-electron chi connectivity index (χ0n) is 9.64. The van der Waals surface area contributed by atoms with E-state index in [0.29, 0.717) is 0 Å². The van der Waals surface area contributed by atoms with E-state index in [9.17, 15) is 0 Å². The van der Waals surface area contributed by atoms with Crippen LogP contribution >= 0.6 is 0 Å². The molecular formula is C14H16N2. The highest BCUT2D eigenvalue weighted by atomic mass is 14.7. The minimum absolute atomic E-state index is 0.284. The average molecular weight is 212 g/mol. The molecule has 0 saturated heterocycles. The highest BCUT2D eigenvalue weighted by Crippen LogP contribution is 2.22. The molecule has 0 bridgehead atoms. The van der Waals surface area contributed by atoms with Gasteiger partial charge in [-0.2, -0.15) is 0 Å². The molecule has 2 heteroatoms. The van der Waals surface area contributed by atoms with E-state index < -0.39 is 0 Å². The van der Waals surface area contributed by atoms with E-state index in [1.807, 2.05) is 26.1 Å². The van der Waals surface area contributed by atoms with Crippen molar-refractivity contribution in [1.82, 2.24) is 4.98 Å². The summed E-state index contributed by atoms with van der Waals surface area (Å²) < 4.78 is 0. The lowest BCUT2D eigenvalue weighted by Gasteiger charge is -2.19. The number of rotatable bonds is 2. The molecule has 0 radical (unpaired) electrons. The van der Waals surface area contributed by atoms with E-state index >= 15 is 0 Å². The predicted molar refractivity (Wildman–Crippen MR) is 66.9 cm³/mol. The fraction of sp³-hybridized carbons (Fsp3) is 0.214. The number of nitrogens with zero attached hydrogens (tertiary/aromatic N) is 1. The summed E-state index contributed by atoms with van der Waals surface area (Å²) in [7, 11) is 0. The van der Waals surface area contributed by atoms with Gasteiger partial charge in [0, 0.05) is 17.9 Å². The van der Waals surface area contributed by atoms with E-state index in [-0.39, 0.29) is 5.54 Å². The average Bonchev–Trinajstić information content (AvgIpc) is 2.29. The highest BCUT2D eigenvalue weighted by Gasteiger charge is 2.13. The first kappa shape index (κ1) is 10.8. The Labute approximate surface area is 96.1 Å². The van der Waals surface area contributed by atoms with Gasteiger partial charge in [0.15, 0.2) is 0 Å². The third-order valence-electron chi connectivity index (χ3n) is 2.62. The van der Waals surface area contributed by atoms with Crippen molar-refractivity contribution in [3.63, 3.8) is 0 Å². The lowest BCUT2D eigenvalue weighted by atomic mass is 9.94. The van der Waals surface area contributed by atoms with Crippen LogP contribution < -0.4 is 5.73 Å². The van der Waals surface area contributed by atoms with Crippen LogP contribution in [-0.4, -0.2) is 4.98 Å². The Morgan fingerprint density at radius 3 is 2.19 bits per heavy atom.